The summed E-state index contributed by atoms with van der Waals surface area (Å²) in [4.78, 5) is 48.2. The summed E-state index contributed by atoms with van der Waals surface area (Å²) in [5.41, 5.74) is 2.08. The van der Waals surface area contributed by atoms with Crippen LogP contribution < -0.4 is 29.7 Å². The van der Waals surface area contributed by atoms with Crippen molar-refractivity contribution >= 4 is 17.8 Å². The maximum Gasteiger partial charge on any atom is 0.308 e. The second-order valence-corrected chi connectivity index (χ2v) is 7.53. The van der Waals surface area contributed by atoms with E-state index in [-0.39, 0.29) is 34.3 Å². The first-order chi connectivity index (χ1) is 15.7. The summed E-state index contributed by atoms with van der Waals surface area (Å²) in [6.45, 7) is 3.86. The van der Waals surface area contributed by atoms with Crippen molar-refractivity contribution in [2.24, 2.45) is 0 Å². The third-order valence-corrected chi connectivity index (χ3v) is 5.17. The Kier molecular flexibility index (Phi) is 7.01. The molecule has 0 bridgehead atoms. The zero-order valence-electron chi connectivity index (χ0n) is 19.1. The van der Waals surface area contributed by atoms with Gasteiger partial charge in [-0.3, -0.25) is 19.2 Å². The van der Waals surface area contributed by atoms with Gasteiger partial charge in [-0.25, -0.2) is 0 Å². The zero-order valence-corrected chi connectivity index (χ0v) is 19.1. The molecule has 2 aromatic carbocycles. The quantitative estimate of drug-likeness (QED) is 0.540. The van der Waals surface area contributed by atoms with Gasteiger partial charge in [0.25, 0.3) is 0 Å². The van der Waals surface area contributed by atoms with Crippen LogP contribution in [-0.2, 0) is 20.8 Å². The fourth-order valence-electron chi connectivity index (χ4n) is 3.99. The maximum atomic E-state index is 12.7. The van der Waals surface area contributed by atoms with Crippen molar-refractivity contribution < 1.29 is 33.3 Å². The highest BCUT2D eigenvalue weighted by Crippen LogP contribution is 2.50. The molecule has 0 spiro atoms. The number of hydrogen-bond donors (Lipinski definition) is 1. The van der Waals surface area contributed by atoms with Gasteiger partial charge in [-0.05, 0) is 47.7 Å². The Labute approximate surface area is 190 Å². The first-order valence-corrected chi connectivity index (χ1v) is 10.3. The first kappa shape index (κ1) is 23.8. The molecule has 1 atom stereocenters. The normalized spacial score (nSPS) is 14.2. The predicted molar refractivity (Wildman–Crippen MR) is 119 cm³/mol. The van der Waals surface area contributed by atoms with E-state index in [2.05, 4.69) is 5.32 Å². The van der Waals surface area contributed by atoms with E-state index in [1.54, 1.807) is 12.1 Å². The lowest BCUT2D eigenvalue weighted by Gasteiger charge is -2.20. The average Bonchev–Trinajstić information content (AvgIpc) is 2.97. The van der Waals surface area contributed by atoms with Gasteiger partial charge in [-0.15, -0.1) is 0 Å². The minimum Gasteiger partial charge on any atom is -0.493 e. The summed E-state index contributed by atoms with van der Waals surface area (Å²) < 4.78 is 21.5. The lowest BCUT2D eigenvalue weighted by Crippen LogP contribution is -2.26. The van der Waals surface area contributed by atoms with Crippen LogP contribution in [0.2, 0.25) is 0 Å². The van der Waals surface area contributed by atoms with Crippen LogP contribution in [0, 0.1) is 0 Å². The standard InChI is InChI=1S/C24H25NO8/c1-12(26)25-18-8-6-15-10-21(32-13(2)27)23(33-14(3)28)24(31-5)22(15)16-7-9-20(30-4)19(29)11-17(16)18/h7,9-11,18H,6,8H2,1-5H3,(H,25,26)/t18-/m1/s1. The van der Waals surface area contributed by atoms with Gasteiger partial charge in [0.15, 0.2) is 17.2 Å². The van der Waals surface area contributed by atoms with Crippen LogP contribution in [-0.4, -0.2) is 32.1 Å². The van der Waals surface area contributed by atoms with Gasteiger partial charge in [0.2, 0.25) is 17.1 Å². The van der Waals surface area contributed by atoms with E-state index in [9.17, 15) is 19.2 Å². The Hall–Kier alpha value is -3.88. The molecule has 33 heavy (non-hydrogen) atoms. The van der Waals surface area contributed by atoms with Gasteiger partial charge < -0.3 is 24.3 Å². The fourth-order valence-corrected chi connectivity index (χ4v) is 3.99. The SMILES string of the molecule is COc1c(OC(C)=O)c(OC(C)=O)cc2c1-c1ccc(OC)c(=O)cc1[C@H](NC(C)=O)CC2. The largest absolute Gasteiger partial charge is 0.493 e. The van der Waals surface area contributed by atoms with Crippen molar-refractivity contribution in [3.05, 3.63) is 45.6 Å². The van der Waals surface area contributed by atoms with Gasteiger partial charge in [0, 0.05) is 26.3 Å². The van der Waals surface area contributed by atoms with Crippen molar-refractivity contribution in [1.29, 1.82) is 0 Å². The lowest BCUT2D eigenvalue weighted by atomic mass is 9.95. The van der Waals surface area contributed by atoms with Gasteiger partial charge in [-0.2, -0.15) is 0 Å². The molecule has 1 N–H and O–H groups in total. The highest BCUT2D eigenvalue weighted by Gasteiger charge is 2.30. The number of carbonyl (C=O) groups excluding carboxylic acids is 3. The monoisotopic (exact) mass is 455 g/mol. The Bertz CT molecular complexity index is 1190. The predicted octanol–water partition coefficient (Wildman–Crippen LogP) is 2.71. The number of carbonyl (C=O) groups is 3. The third-order valence-electron chi connectivity index (χ3n) is 5.17. The summed E-state index contributed by atoms with van der Waals surface area (Å²) in [6.07, 6.45) is 0.913. The van der Waals surface area contributed by atoms with Crippen LogP contribution in [0.15, 0.2) is 29.1 Å². The number of amides is 1. The maximum absolute atomic E-state index is 12.7. The average molecular weight is 455 g/mol. The Morgan fingerprint density at radius 2 is 1.61 bits per heavy atom. The molecule has 3 rings (SSSR count). The van der Waals surface area contributed by atoms with E-state index >= 15 is 0 Å². The van der Waals surface area contributed by atoms with E-state index in [1.165, 1.54) is 47.1 Å². The molecule has 2 aromatic rings. The number of methoxy groups -OCH3 is 2. The molecule has 0 saturated carbocycles. The molecule has 1 aliphatic carbocycles. The molecule has 0 saturated heterocycles. The molecule has 1 aliphatic rings. The molecule has 0 unspecified atom stereocenters. The van der Waals surface area contributed by atoms with E-state index in [0.717, 1.165) is 5.56 Å². The Morgan fingerprint density at radius 3 is 2.18 bits per heavy atom. The van der Waals surface area contributed by atoms with Crippen LogP contribution in [0.25, 0.3) is 11.1 Å². The number of benzene rings is 1. The van der Waals surface area contributed by atoms with Gasteiger partial charge >= 0.3 is 11.9 Å². The second-order valence-electron chi connectivity index (χ2n) is 7.53. The van der Waals surface area contributed by atoms with Crippen LogP contribution in [0.3, 0.4) is 0 Å². The fraction of sp³-hybridized carbons (Fsp3) is 0.333. The number of hydrogen-bond acceptors (Lipinski definition) is 8. The summed E-state index contributed by atoms with van der Waals surface area (Å²) >= 11 is 0. The zero-order chi connectivity index (χ0) is 24.3. The first-order valence-electron chi connectivity index (χ1n) is 10.3. The summed E-state index contributed by atoms with van der Waals surface area (Å²) in [6, 6.07) is 5.79. The molecule has 0 aliphatic heterocycles. The number of rotatable bonds is 5. The minimum atomic E-state index is -0.631. The number of nitrogens with one attached hydrogen (secondary N) is 1. The van der Waals surface area contributed by atoms with Crippen LogP contribution in [0.5, 0.6) is 23.0 Å². The molecule has 174 valence electrons. The molecule has 0 radical (unpaired) electrons. The van der Waals surface area contributed by atoms with Crippen LogP contribution >= 0.6 is 0 Å². The van der Waals surface area contributed by atoms with E-state index in [1.807, 2.05) is 0 Å². The number of esters is 2. The number of ether oxygens (including phenoxy) is 4. The molecular weight excluding hydrogens is 430 g/mol. The highest BCUT2D eigenvalue weighted by atomic mass is 16.6. The van der Waals surface area contributed by atoms with Gasteiger partial charge in [0.05, 0.1) is 20.3 Å². The molecule has 0 fully saturated rings. The van der Waals surface area contributed by atoms with E-state index in [4.69, 9.17) is 18.9 Å². The third kappa shape index (κ3) is 4.97. The smallest absolute Gasteiger partial charge is 0.308 e. The summed E-state index contributed by atoms with van der Waals surface area (Å²) in [7, 11) is 2.80. The van der Waals surface area contributed by atoms with Crippen molar-refractivity contribution in [2.75, 3.05) is 14.2 Å². The topological polar surface area (TPSA) is 117 Å². The number of aryl methyl sites for hydroxylation is 1. The van der Waals surface area contributed by atoms with Crippen molar-refractivity contribution in [2.45, 2.75) is 39.7 Å². The molecular formula is C24H25NO8. The van der Waals surface area contributed by atoms with Crippen molar-refractivity contribution in [1.82, 2.24) is 5.32 Å². The van der Waals surface area contributed by atoms with Crippen molar-refractivity contribution in [3.63, 3.8) is 0 Å². The Balaban J connectivity index is 2.42. The van der Waals surface area contributed by atoms with Crippen LogP contribution in [0.4, 0.5) is 0 Å². The molecule has 0 aromatic heterocycles. The second kappa shape index (κ2) is 9.72. The molecule has 9 heteroatoms. The van der Waals surface area contributed by atoms with Gasteiger partial charge in [-0.1, -0.05) is 6.07 Å². The molecule has 0 heterocycles. The van der Waals surface area contributed by atoms with Crippen LogP contribution in [0.1, 0.15) is 44.4 Å². The minimum absolute atomic E-state index is 0.0372. The summed E-state index contributed by atoms with van der Waals surface area (Å²) in [5.74, 6) is -1.20. The highest BCUT2D eigenvalue weighted by molar-refractivity contribution is 5.86. The molecule has 9 nitrogen and oxygen atoms in total. The number of fused-ring (bicyclic) bond motifs is 3. The Morgan fingerprint density at radius 1 is 0.909 bits per heavy atom. The van der Waals surface area contributed by atoms with Crippen molar-refractivity contribution in [3.8, 4) is 34.1 Å². The van der Waals surface area contributed by atoms with E-state index in [0.29, 0.717) is 29.5 Å². The van der Waals surface area contributed by atoms with E-state index < -0.39 is 18.0 Å². The molecule has 1 amide bonds. The summed E-state index contributed by atoms with van der Waals surface area (Å²) in [5, 5.41) is 2.89. The van der Waals surface area contributed by atoms with Gasteiger partial charge in [0.1, 0.15) is 0 Å². The lowest BCUT2D eigenvalue weighted by molar-refractivity contribution is -0.134.